The summed E-state index contributed by atoms with van der Waals surface area (Å²) in [4.78, 5) is 24.3. The first-order chi connectivity index (χ1) is 23.6. The summed E-state index contributed by atoms with van der Waals surface area (Å²) in [5.41, 5.74) is 7.40. The second-order valence-electron chi connectivity index (χ2n) is 12.9. The van der Waals surface area contributed by atoms with E-state index in [9.17, 15) is 19.8 Å². The summed E-state index contributed by atoms with van der Waals surface area (Å²) in [7, 11) is 0. The van der Waals surface area contributed by atoms with Gasteiger partial charge < -0.3 is 24.4 Å². The predicted molar refractivity (Wildman–Crippen MR) is 197 cm³/mol. The van der Waals surface area contributed by atoms with Gasteiger partial charge in [0.25, 0.3) is 0 Å². The summed E-state index contributed by atoms with van der Waals surface area (Å²) in [6, 6.07) is 21.0. The topological polar surface area (TPSA) is 102 Å². The summed E-state index contributed by atoms with van der Waals surface area (Å²) in [6.07, 6.45) is 6.70. The first-order valence-electron chi connectivity index (χ1n) is 17.4. The largest absolute Gasteiger partial charge is 0.493 e. The van der Waals surface area contributed by atoms with Crippen LogP contribution >= 0.6 is 0 Å². The van der Waals surface area contributed by atoms with Gasteiger partial charge in [-0.3, -0.25) is 0 Å². The van der Waals surface area contributed by atoms with Crippen LogP contribution in [-0.4, -0.2) is 55.2 Å². The molecule has 0 aromatic heterocycles. The monoisotopic (exact) mass is 670 g/mol. The van der Waals surface area contributed by atoms with Crippen molar-refractivity contribution in [3.63, 3.8) is 0 Å². The van der Waals surface area contributed by atoms with Gasteiger partial charge in [0.15, 0.2) is 0 Å². The fourth-order valence-corrected chi connectivity index (χ4v) is 5.53. The Morgan fingerprint density at radius 3 is 1.84 bits per heavy atom. The Balaban J connectivity index is 1.96. The van der Waals surface area contributed by atoms with E-state index in [-0.39, 0.29) is 26.4 Å². The highest BCUT2D eigenvalue weighted by Gasteiger charge is 2.26. The first kappa shape index (κ1) is 39.2. The zero-order valence-corrected chi connectivity index (χ0v) is 29.8. The van der Waals surface area contributed by atoms with E-state index in [4.69, 9.17) is 14.2 Å². The standard InChI is InChI=1S/C42H54O7/c1-7-9-10-11-32-12-14-33(15-13-32)34-16-18-38(36(26-34)20-23-48-40(45)30(3)4)35-17-19-39(47-25-22-42(8-2,28-43)29-44)37(27-35)21-24-49-41(46)31(5)6/h12-19,26-27,43-44H,3,5,7-11,20-25,28-29H2,1-2,4,6H3. The van der Waals surface area contributed by atoms with E-state index in [0.717, 1.165) is 39.8 Å². The van der Waals surface area contributed by atoms with E-state index in [2.05, 4.69) is 62.5 Å². The Kier molecular flexibility index (Phi) is 15.8. The molecule has 0 spiro atoms. The molecule has 3 aromatic rings. The van der Waals surface area contributed by atoms with Gasteiger partial charge in [-0.05, 0) is 90.6 Å². The molecule has 264 valence electrons. The average molecular weight is 671 g/mol. The van der Waals surface area contributed by atoms with Crippen molar-refractivity contribution >= 4 is 11.9 Å². The van der Waals surface area contributed by atoms with Crippen LogP contribution in [0.2, 0.25) is 0 Å². The fraction of sp³-hybridized carbons (Fsp3) is 0.429. The van der Waals surface area contributed by atoms with Gasteiger partial charge >= 0.3 is 11.9 Å². The number of aliphatic hydroxyl groups excluding tert-OH is 2. The van der Waals surface area contributed by atoms with Crippen molar-refractivity contribution in [2.24, 2.45) is 5.41 Å². The van der Waals surface area contributed by atoms with Gasteiger partial charge in [0.1, 0.15) is 5.75 Å². The molecule has 49 heavy (non-hydrogen) atoms. The zero-order valence-electron chi connectivity index (χ0n) is 29.8. The Morgan fingerprint density at radius 2 is 1.27 bits per heavy atom. The molecule has 7 heteroatoms. The number of aliphatic hydroxyl groups is 2. The molecule has 0 radical (unpaired) electrons. The molecule has 3 aromatic carbocycles. The number of carbonyl (C=O) groups excluding carboxylic acids is 2. The highest BCUT2D eigenvalue weighted by Crippen LogP contribution is 2.34. The van der Waals surface area contributed by atoms with Crippen molar-refractivity contribution in [1.82, 2.24) is 0 Å². The van der Waals surface area contributed by atoms with Crippen molar-refractivity contribution < 1.29 is 34.0 Å². The number of hydrogen-bond donors (Lipinski definition) is 2. The number of ether oxygens (including phenoxy) is 3. The van der Waals surface area contributed by atoms with E-state index < -0.39 is 17.4 Å². The molecule has 0 unspecified atom stereocenters. The van der Waals surface area contributed by atoms with Crippen LogP contribution in [0.4, 0.5) is 0 Å². The maximum absolute atomic E-state index is 12.2. The van der Waals surface area contributed by atoms with Crippen LogP contribution in [0, 0.1) is 5.41 Å². The minimum atomic E-state index is -0.614. The van der Waals surface area contributed by atoms with Crippen LogP contribution in [0.15, 0.2) is 85.0 Å². The van der Waals surface area contributed by atoms with E-state index in [1.54, 1.807) is 13.8 Å². The lowest BCUT2D eigenvalue weighted by atomic mass is 9.84. The maximum atomic E-state index is 12.2. The van der Waals surface area contributed by atoms with Gasteiger partial charge in [-0.2, -0.15) is 0 Å². The van der Waals surface area contributed by atoms with Crippen molar-refractivity contribution in [3.05, 3.63) is 102 Å². The van der Waals surface area contributed by atoms with Crippen molar-refractivity contribution in [1.29, 1.82) is 0 Å². The molecular formula is C42H54O7. The van der Waals surface area contributed by atoms with Crippen LogP contribution in [0.1, 0.15) is 76.5 Å². The lowest BCUT2D eigenvalue weighted by molar-refractivity contribution is -0.139. The molecule has 0 aliphatic carbocycles. The summed E-state index contributed by atoms with van der Waals surface area (Å²) < 4.78 is 17.1. The van der Waals surface area contributed by atoms with Crippen LogP contribution in [0.5, 0.6) is 5.75 Å². The van der Waals surface area contributed by atoms with Gasteiger partial charge in [-0.15, -0.1) is 0 Å². The number of hydrogen-bond acceptors (Lipinski definition) is 7. The fourth-order valence-electron chi connectivity index (χ4n) is 5.53. The van der Waals surface area contributed by atoms with E-state index in [1.807, 2.05) is 25.1 Å². The molecule has 2 N–H and O–H groups in total. The number of esters is 2. The Morgan fingerprint density at radius 1 is 0.694 bits per heavy atom. The van der Waals surface area contributed by atoms with Gasteiger partial charge in [-0.25, -0.2) is 9.59 Å². The summed E-state index contributed by atoms with van der Waals surface area (Å²) in [5, 5.41) is 19.8. The number of carbonyl (C=O) groups is 2. The quantitative estimate of drug-likeness (QED) is 0.0669. The molecule has 0 aliphatic heterocycles. The third-order valence-corrected chi connectivity index (χ3v) is 9.05. The smallest absolute Gasteiger partial charge is 0.333 e. The molecule has 0 amide bonds. The van der Waals surface area contributed by atoms with Crippen LogP contribution < -0.4 is 4.74 Å². The van der Waals surface area contributed by atoms with Crippen LogP contribution in [0.25, 0.3) is 22.3 Å². The summed E-state index contributed by atoms with van der Waals surface area (Å²) in [5.74, 6) is -0.226. The average Bonchev–Trinajstić information content (AvgIpc) is 3.11. The molecule has 0 fully saturated rings. The maximum Gasteiger partial charge on any atom is 0.333 e. The van der Waals surface area contributed by atoms with Crippen LogP contribution in [-0.2, 0) is 38.3 Å². The molecule has 0 aliphatic rings. The lowest BCUT2D eigenvalue weighted by Gasteiger charge is -2.28. The summed E-state index contributed by atoms with van der Waals surface area (Å²) in [6.45, 7) is 15.2. The molecule has 3 rings (SSSR count). The molecule has 0 bridgehead atoms. The minimum Gasteiger partial charge on any atom is -0.493 e. The second kappa shape index (κ2) is 19.7. The van der Waals surface area contributed by atoms with Crippen molar-refractivity contribution in [2.75, 3.05) is 33.0 Å². The minimum absolute atomic E-state index is 0.129. The number of aryl methyl sites for hydroxylation is 1. The van der Waals surface area contributed by atoms with Crippen LogP contribution in [0.3, 0.4) is 0 Å². The van der Waals surface area contributed by atoms with Crippen molar-refractivity contribution in [2.45, 2.75) is 79.1 Å². The lowest BCUT2D eigenvalue weighted by Crippen LogP contribution is -2.31. The Hall–Kier alpha value is -4.20. The molecular weight excluding hydrogens is 616 g/mol. The molecule has 0 saturated heterocycles. The molecule has 7 nitrogen and oxygen atoms in total. The Bertz CT molecular complexity index is 1540. The molecule has 0 saturated carbocycles. The van der Waals surface area contributed by atoms with E-state index >= 15 is 0 Å². The number of rotatable bonds is 21. The second-order valence-corrected chi connectivity index (χ2v) is 12.9. The first-order valence-corrected chi connectivity index (χ1v) is 17.4. The van der Waals surface area contributed by atoms with E-state index in [1.165, 1.54) is 24.8 Å². The van der Waals surface area contributed by atoms with Crippen molar-refractivity contribution in [3.8, 4) is 28.0 Å². The predicted octanol–water partition coefficient (Wildman–Crippen LogP) is 8.23. The number of unbranched alkanes of at least 4 members (excludes halogenated alkanes) is 2. The highest BCUT2D eigenvalue weighted by molar-refractivity contribution is 5.87. The van der Waals surface area contributed by atoms with Gasteiger partial charge in [0.2, 0.25) is 0 Å². The van der Waals surface area contributed by atoms with E-state index in [0.29, 0.717) is 49.2 Å². The Labute approximate surface area is 292 Å². The normalized spacial score (nSPS) is 11.2. The van der Waals surface area contributed by atoms with Gasteiger partial charge in [-0.1, -0.05) is 88.4 Å². The molecule has 0 atom stereocenters. The zero-order chi connectivity index (χ0) is 35.8. The van der Waals surface area contributed by atoms with Gasteiger partial charge in [0.05, 0.1) is 33.0 Å². The third-order valence-electron chi connectivity index (χ3n) is 9.05. The number of benzene rings is 3. The SMILES string of the molecule is C=C(C)C(=O)OCCc1cc(-c2ccc(-c3ccc(CCCCC)cc3)cc2CCOC(=O)C(=C)C)ccc1OCCC(CC)(CO)CO. The third kappa shape index (κ3) is 11.7. The van der Waals surface area contributed by atoms with Gasteiger partial charge in [0, 0.05) is 29.4 Å². The molecule has 0 heterocycles. The summed E-state index contributed by atoms with van der Waals surface area (Å²) >= 11 is 0. The highest BCUT2D eigenvalue weighted by atomic mass is 16.5.